The van der Waals surface area contributed by atoms with Crippen LogP contribution in [-0.4, -0.2) is 103 Å². The van der Waals surface area contributed by atoms with Crippen LogP contribution in [0.15, 0.2) is 12.2 Å². The summed E-state index contributed by atoms with van der Waals surface area (Å²) in [7, 11) is -10.8. The summed E-state index contributed by atoms with van der Waals surface area (Å²) < 4.78 is 93.5. The minimum Gasteiger partial charge on any atom is -0.481 e. The van der Waals surface area contributed by atoms with Crippen LogP contribution in [0.5, 0.6) is 0 Å². The molecule has 13 atom stereocenters. The lowest BCUT2D eigenvalue weighted by molar-refractivity contribution is -0.316. The minimum atomic E-state index is -5.42. The van der Waals surface area contributed by atoms with Crippen molar-refractivity contribution in [2.75, 3.05) is 6.61 Å². The van der Waals surface area contributed by atoms with Crippen LogP contribution in [0.3, 0.4) is 0 Å². The van der Waals surface area contributed by atoms with Crippen molar-refractivity contribution in [1.29, 1.82) is 0 Å². The summed E-state index contributed by atoms with van der Waals surface area (Å²) in [5.74, 6) is -3.25. The Labute approximate surface area is 280 Å². The van der Waals surface area contributed by atoms with E-state index in [4.69, 9.17) is 18.4 Å². The van der Waals surface area contributed by atoms with Gasteiger partial charge >= 0.3 is 32.7 Å². The Morgan fingerprint density at radius 3 is 2.25 bits per heavy atom. The SMILES string of the molecule is C=C1C2CC[C@H]3[C@]4(C)C[C@H](OC5OC(CO)C(OS(=O)(=O)O)C(OS(=O)(=O)O)C5OC(=O)CC(C)C)C[C@@H](C(=O)O)[C@H]4CC[C@]3(C2)[C@H]1O. The Morgan fingerprint density at radius 1 is 1.02 bits per heavy atom. The molecular formula is C30H46O16S2. The smallest absolute Gasteiger partial charge is 0.397 e. The topological polar surface area (TPSA) is 250 Å². The molecule has 5 aliphatic rings. The van der Waals surface area contributed by atoms with Crippen molar-refractivity contribution in [3.8, 4) is 0 Å². The molecule has 0 aromatic carbocycles. The summed E-state index contributed by atoms with van der Waals surface area (Å²) in [6.07, 6.45) is -7.93. The molecule has 0 radical (unpaired) electrons. The number of aliphatic hydroxyl groups is 2. The van der Waals surface area contributed by atoms with E-state index in [0.717, 1.165) is 24.8 Å². The van der Waals surface area contributed by atoms with Crippen molar-refractivity contribution in [3.05, 3.63) is 12.2 Å². The quantitative estimate of drug-likeness (QED) is 0.0879. The third-order valence-corrected chi connectivity index (χ3v) is 12.4. The van der Waals surface area contributed by atoms with Gasteiger partial charge in [-0.2, -0.15) is 16.8 Å². The van der Waals surface area contributed by atoms with Gasteiger partial charge in [-0.1, -0.05) is 27.4 Å². The van der Waals surface area contributed by atoms with Gasteiger partial charge in [0.15, 0.2) is 18.5 Å². The summed E-state index contributed by atoms with van der Waals surface area (Å²) in [5, 5.41) is 32.0. The number of fused-ring (bicyclic) bond motifs is 3. The molecule has 0 amide bonds. The number of carbonyl (C=O) groups is 2. The van der Waals surface area contributed by atoms with Crippen LogP contribution in [-0.2, 0) is 53.0 Å². The number of ether oxygens (including phenoxy) is 3. The van der Waals surface area contributed by atoms with Gasteiger partial charge in [-0.3, -0.25) is 18.7 Å². The molecule has 274 valence electrons. The van der Waals surface area contributed by atoms with Gasteiger partial charge in [0.2, 0.25) is 0 Å². The molecule has 5 rings (SSSR count). The van der Waals surface area contributed by atoms with Crippen LogP contribution in [0, 0.1) is 40.4 Å². The summed E-state index contributed by atoms with van der Waals surface area (Å²) in [5.41, 5.74) is -0.319. The third-order valence-electron chi connectivity index (χ3n) is 11.5. The monoisotopic (exact) mass is 726 g/mol. The number of carboxylic acids is 1. The number of rotatable bonds is 11. The zero-order chi connectivity index (χ0) is 35.6. The van der Waals surface area contributed by atoms with Crippen molar-refractivity contribution >= 4 is 32.7 Å². The van der Waals surface area contributed by atoms with Gasteiger partial charge in [-0.25, -0.2) is 8.37 Å². The Morgan fingerprint density at radius 2 is 1.67 bits per heavy atom. The Hall–Kier alpha value is -1.74. The van der Waals surface area contributed by atoms with E-state index in [-0.39, 0.29) is 42.9 Å². The molecule has 18 heteroatoms. The van der Waals surface area contributed by atoms with E-state index < -0.39 is 99.0 Å². The Kier molecular flexibility index (Phi) is 10.5. The molecule has 1 spiro atoms. The molecule has 16 nitrogen and oxygen atoms in total. The van der Waals surface area contributed by atoms with Gasteiger partial charge in [0, 0.05) is 11.8 Å². The molecular weight excluding hydrogens is 680 g/mol. The Balaban J connectivity index is 1.51. The molecule has 0 aromatic rings. The second-order valence-corrected chi connectivity index (χ2v) is 16.9. The number of carboxylic acid groups (broad SMARTS) is 1. The highest BCUT2D eigenvalue weighted by atomic mass is 32.3. The first-order valence-corrected chi connectivity index (χ1v) is 18.9. The standard InChI is InChI=1S/C30H46O16S2/c1-14(2)9-22(32)44-25-24(46-48(39,40)41)23(45-47(36,37)38)20(13-31)43-28(25)42-17-10-18(27(34)35)19-7-8-30-11-16(15(3)26(30)33)5-6-21(30)29(19,4)12-17/h14,16-21,23-26,28,31,33H,3,5-13H2,1-2,4H3,(H,34,35)(H,36,37,38)(H,39,40,41)/t16?,17-,18-,19-,20?,21+,23?,24?,25?,26+,28?,29-,30-/m1/s1. The highest BCUT2D eigenvalue weighted by Crippen LogP contribution is 2.70. The minimum absolute atomic E-state index is 0.0156. The van der Waals surface area contributed by atoms with Crippen LogP contribution < -0.4 is 0 Å². The predicted octanol–water partition coefficient (Wildman–Crippen LogP) is 1.67. The number of hydrogen-bond acceptors (Lipinski definition) is 13. The van der Waals surface area contributed by atoms with Crippen LogP contribution in [0.1, 0.15) is 72.1 Å². The van der Waals surface area contributed by atoms with Crippen molar-refractivity contribution < 1.29 is 73.4 Å². The van der Waals surface area contributed by atoms with Crippen LogP contribution in [0.2, 0.25) is 0 Å². The van der Waals surface area contributed by atoms with Crippen LogP contribution in [0.4, 0.5) is 0 Å². The second kappa shape index (κ2) is 13.4. The lowest BCUT2D eigenvalue weighted by atomic mass is 9.43. The van der Waals surface area contributed by atoms with Gasteiger partial charge in [0.05, 0.1) is 24.7 Å². The van der Waals surface area contributed by atoms with E-state index in [9.17, 15) is 50.8 Å². The first-order chi connectivity index (χ1) is 22.2. The fourth-order valence-electron chi connectivity index (χ4n) is 9.82. The molecule has 5 fully saturated rings. The lowest BCUT2D eigenvalue weighted by Gasteiger charge is -2.62. The van der Waals surface area contributed by atoms with Crippen LogP contribution in [0.25, 0.3) is 0 Å². The van der Waals surface area contributed by atoms with E-state index >= 15 is 0 Å². The van der Waals surface area contributed by atoms with Gasteiger partial charge in [0.1, 0.15) is 12.2 Å². The highest BCUT2D eigenvalue weighted by molar-refractivity contribution is 7.81. The largest absolute Gasteiger partial charge is 0.481 e. The molecule has 1 heterocycles. The van der Waals surface area contributed by atoms with Gasteiger partial charge in [0.25, 0.3) is 0 Å². The molecule has 48 heavy (non-hydrogen) atoms. The van der Waals surface area contributed by atoms with E-state index in [1.807, 2.05) is 6.92 Å². The van der Waals surface area contributed by atoms with Crippen molar-refractivity contribution in [2.45, 2.75) is 115 Å². The maximum Gasteiger partial charge on any atom is 0.397 e. The van der Waals surface area contributed by atoms with Crippen molar-refractivity contribution in [3.63, 3.8) is 0 Å². The number of aliphatic carboxylic acids is 1. The molecule has 4 saturated carbocycles. The van der Waals surface area contributed by atoms with E-state index in [1.54, 1.807) is 13.8 Å². The molecule has 1 saturated heterocycles. The van der Waals surface area contributed by atoms with Crippen LogP contribution >= 0.6 is 0 Å². The summed E-state index contributed by atoms with van der Waals surface area (Å²) in [6, 6.07) is 0. The van der Waals surface area contributed by atoms with Crippen molar-refractivity contribution in [2.24, 2.45) is 40.4 Å². The maximum absolute atomic E-state index is 12.9. The van der Waals surface area contributed by atoms with E-state index in [0.29, 0.717) is 12.8 Å². The zero-order valence-corrected chi connectivity index (χ0v) is 28.7. The first-order valence-electron chi connectivity index (χ1n) is 16.2. The molecule has 5 N–H and O–H groups in total. The first kappa shape index (κ1) is 37.5. The van der Waals surface area contributed by atoms with E-state index in [1.165, 1.54) is 0 Å². The van der Waals surface area contributed by atoms with Gasteiger partial charge in [-0.05, 0) is 79.6 Å². The van der Waals surface area contributed by atoms with Gasteiger partial charge < -0.3 is 29.5 Å². The molecule has 4 aliphatic carbocycles. The van der Waals surface area contributed by atoms with Crippen molar-refractivity contribution in [1.82, 2.24) is 0 Å². The maximum atomic E-state index is 12.9. The molecule has 0 aromatic heterocycles. The van der Waals surface area contributed by atoms with Gasteiger partial charge in [-0.15, -0.1) is 0 Å². The third kappa shape index (κ3) is 7.20. The molecule has 6 unspecified atom stereocenters. The fraction of sp³-hybridized carbons (Fsp3) is 0.867. The number of hydrogen-bond donors (Lipinski definition) is 5. The average molecular weight is 727 g/mol. The fourth-order valence-corrected chi connectivity index (χ4v) is 10.8. The Bertz CT molecular complexity index is 1480. The summed E-state index contributed by atoms with van der Waals surface area (Å²) in [6.45, 7) is 8.52. The lowest BCUT2D eigenvalue weighted by Crippen LogP contribution is -2.64. The highest BCUT2D eigenvalue weighted by Gasteiger charge is 2.67. The van der Waals surface area contributed by atoms with E-state index in [2.05, 4.69) is 10.8 Å². The molecule has 2 bridgehead atoms. The molecule has 1 aliphatic heterocycles. The second-order valence-electron chi connectivity index (χ2n) is 14.8. The summed E-state index contributed by atoms with van der Waals surface area (Å²) >= 11 is 0. The number of carbonyl (C=O) groups excluding carboxylic acids is 1. The number of aliphatic hydroxyl groups excluding tert-OH is 2. The predicted molar refractivity (Wildman–Crippen MR) is 162 cm³/mol. The number of esters is 1. The normalized spacial score (nSPS) is 43.0. The zero-order valence-electron chi connectivity index (χ0n) is 27.0. The summed E-state index contributed by atoms with van der Waals surface area (Å²) in [4.78, 5) is 25.7. The average Bonchev–Trinajstić information content (AvgIpc) is 3.12.